The van der Waals surface area contributed by atoms with Crippen LogP contribution in [0.15, 0.2) is 71.3 Å². The van der Waals surface area contributed by atoms with Crippen LogP contribution in [0, 0.1) is 6.92 Å². The van der Waals surface area contributed by atoms with Crippen LogP contribution in [0.4, 0.5) is 5.69 Å². The van der Waals surface area contributed by atoms with Crippen LogP contribution in [0.25, 0.3) is 22.8 Å². The molecule has 0 saturated heterocycles. The summed E-state index contributed by atoms with van der Waals surface area (Å²) < 4.78 is 11.5. The Balaban J connectivity index is 1.37. The summed E-state index contributed by atoms with van der Waals surface area (Å²) in [5, 5.41) is 17.2. The number of hydrogen-bond acceptors (Lipinski definition) is 6. The van der Waals surface area contributed by atoms with Gasteiger partial charge >= 0.3 is 5.97 Å². The van der Waals surface area contributed by atoms with E-state index in [1.807, 2.05) is 73.7 Å². The van der Waals surface area contributed by atoms with Crippen LogP contribution in [0.2, 0.25) is 0 Å². The molecule has 0 aliphatic heterocycles. The predicted octanol–water partition coefficient (Wildman–Crippen LogP) is 8.47. The van der Waals surface area contributed by atoms with Crippen molar-refractivity contribution >= 4 is 11.7 Å². The number of carbonyl (C=O) groups is 1. The molecule has 0 fully saturated rings. The first kappa shape index (κ1) is 30.8. The van der Waals surface area contributed by atoms with E-state index in [0.717, 1.165) is 46.7 Å². The molecule has 1 unspecified atom stereocenters. The lowest BCUT2D eigenvalue weighted by molar-refractivity contribution is -0.137. The molecule has 0 saturated carbocycles. The van der Waals surface area contributed by atoms with Gasteiger partial charge < -0.3 is 19.7 Å². The molecule has 7 nitrogen and oxygen atoms in total. The zero-order valence-electron chi connectivity index (χ0n) is 25.4. The van der Waals surface area contributed by atoms with Crippen molar-refractivity contribution < 1.29 is 19.2 Å². The van der Waals surface area contributed by atoms with Gasteiger partial charge in [0.05, 0.1) is 6.61 Å². The Morgan fingerprint density at radius 3 is 2.33 bits per heavy atom. The van der Waals surface area contributed by atoms with Gasteiger partial charge in [0.2, 0.25) is 5.82 Å². The fourth-order valence-corrected chi connectivity index (χ4v) is 4.84. The largest absolute Gasteiger partial charge is 0.494 e. The molecule has 0 spiro atoms. The van der Waals surface area contributed by atoms with Crippen LogP contribution < -0.4 is 10.1 Å². The van der Waals surface area contributed by atoms with Gasteiger partial charge in [-0.3, -0.25) is 0 Å². The monoisotopic (exact) mass is 569 g/mol. The lowest BCUT2D eigenvalue weighted by Gasteiger charge is -2.21. The minimum absolute atomic E-state index is 0.0374. The molecule has 0 radical (unpaired) electrons. The van der Waals surface area contributed by atoms with E-state index in [-0.39, 0.29) is 5.41 Å². The maximum atomic E-state index is 12.1. The predicted molar refractivity (Wildman–Crippen MR) is 168 cm³/mol. The summed E-state index contributed by atoms with van der Waals surface area (Å²) in [5.41, 5.74) is 5.52. The number of aryl methyl sites for hydroxylation is 1. The zero-order valence-corrected chi connectivity index (χ0v) is 25.4. The summed E-state index contributed by atoms with van der Waals surface area (Å²) in [6.07, 6.45) is 6.37. The van der Waals surface area contributed by atoms with Gasteiger partial charge in [-0.1, -0.05) is 82.8 Å². The van der Waals surface area contributed by atoms with Crippen LogP contribution in [-0.2, 0) is 16.6 Å². The summed E-state index contributed by atoms with van der Waals surface area (Å²) in [6, 6.07) is 20.7. The Labute approximate surface area is 249 Å². The third-order valence-electron chi connectivity index (χ3n) is 7.41. The lowest BCUT2D eigenvalue weighted by Crippen LogP contribution is -2.31. The lowest BCUT2D eigenvalue weighted by atomic mass is 9.87. The minimum Gasteiger partial charge on any atom is -0.494 e. The Bertz CT molecular complexity index is 1440. The number of hydrogen-bond donors (Lipinski definition) is 2. The molecule has 0 amide bonds. The maximum absolute atomic E-state index is 12.1. The first-order chi connectivity index (χ1) is 20.1. The van der Waals surface area contributed by atoms with Crippen molar-refractivity contribution in [3.05, 3.63) is 83.4 Å². The molecule has 3 aromatic carbocycles. The van der Waals surface area contributed by atoms with Gasteiger partial charge in [-0.2, -0.15) is 4.98 Å². The van der Waals surface area contributed by atoms with Gasteiger partial charge in [0.1, 0.15) is 11.8 Å². The number of ether oxygens (including phenoxy) is 1. The van der Waals surface area contributed by atoms with Crippen molar-refractivity contribution in [2.45, 2.75) is 84.6 Å². The summed E-state index contributed by atoms with van der Waals surface area (Å²) in [7, 11) is 0. The summed E-state index contributed by atoms with van der Waals surface area (Å²) in [6.45, 7) is 11.4. The highest BCUT2D eigenvalue weighted by Crippen LogP contribution is 2.28. The Kier molecular flexibility index (Phi) is 10.4. The normalized spacial score (nSPS) is 12.2. The molecule has 0 aliphatic carbocycles. The molecule has 4 aromatic rings. The Morgan fingerprint density at radius 2 is 1.69 bits per heavy atom. The topological polar surface area (TPSA) is 97.5 Å². The third kappa shape index (κ3) is 8.44. The van der Waals surface area contributed by atoms with Gasteiger partial charge in [0.25, 0.3) is 5.89 Å². The number of nitrogens with one attached hydrogen (secondary N) is 1. The van der Waals surface area contributed by atoms with E-state index >= 15 is 0 Å². The average Bonchev–Trinajstić information content (AvgIpc) is 3.45. The summed E-state index contributed by atoms with van der Waals surface area (Å²) >= 11 is 0. The molecule has 1 atom stereocenters. The molecule has 7 heteroatoms. The van der Waals surface area contributed by atoms with Crippen LogP contribution >= 0.6 is 0 Å². The first-order valence-corrected chi connectivity index (χ1v) is 14.9. The van der Waals surface area contributed by atoms with E-state index < -0.39 is 12.0 Å². The van der Waals surface area contributed by atoms with Crippen LogP contribution in [0.1, 0.15) is 76.5 Å². The molecule has 222 valence electrons. The number of carboxylic acid groups (broad SMARTS) is 1. The molecule has 0 aliphatic rings. The standard InChI is InChI=1S/C35H43N3O4/c1-6-7-8-9-10-21-41-29-18-12-26(13-19-29)32-37-33(42-38-32)30-20-11-25(22-24(30)2)23-31(34(39)40)36-28-16-14-27(15-17-28)35(3,4)5/h11-20,22,31,36H,6-10,21,23H2,1-5H3,(H,39,40). The first-order valence-electron chi connectivity index (χ1n) is 14.9. The Morgan fingerprint density at radius 1 is 0.976 bits per heavy atom. The fraction of sp³-hybridized carbons (Fsp3) is 0.400. The highest BCUT2D eigenvalue weighted by Gasteiger charge is 2.20. The van der Waals surface area contributed by atoms with Crippen molar-refractivity contribution in [3.8, 4) is 28.6 Å². The molecule has 0 bridgehead atoms. The summed E-state index contributed by atoms with van der Waals surface area (Å²) in [5.74, 6) is 0.863. The molecule has 42 heavy (non-hydrogen) atoms. The van der Waals surface area contributed by atoms with Gasteiger partial charge in [0.15, 0.2) is 0 Å². The van der Waals surface area contributed by atoms with Crippen molar-refractivity contribution in [3.63, 3.8) is 0 Å². The van der Waals surface area contributed by atoms with Gasteiger partial charge in [-0.15, -0.1) is 0 Å². The van der Waals surface area contributed by atoms with Gasteiger partial charge in [-0.05, 0) is 77.9 Å². The number of unbranched alkanes of at least 4 members (excludes halogenated alkanes) is 4. The fourth-order valence-electron chi connectivity index (χ4n) is 4.84. The van der Waals surface area contributed by atoms with E-state index in [1.54, 1.807) is 0 Å². The second-order valence-corrected chi connectivity index (χ2v) is 11.9. The second-order valence-electron chi connectivity index (χ2n) is 11.9. The molecule has 2 N–H and O–H groups in total. The van der Waals surface area contributed by atoms with Gasteiger partial charge in [0, 0.05) is 23.2 Å². The van der Waals surface area contributed by atoms with E-state index in [1.165, 1.54) is 31.2 Å². The van der Waals surface area contributed by atoms with E-state index in [9.17, 15) is 9.90 Å². The van der Waals surface area contributed by atoms with Crippen molar-refractivity contribution in [1.82, 2.24) is 10.1 Å². The Hall–Kier alpha value is -4.13. The number of rotatable bonds is 14. The number of benzene rings is 3. The molecular formula is C35H43N3O4. The third-order valence-corrected chi connectivity index (χ3v) is 7.41. The number of nitrogens with zero attached hydrogens (tertiary/aromatic N) is 2. The molecule has 1 aromatic heterocycles. The molecule has 4 rings (SSSR count). The quantitative estimate of drug-likeness (QED) is 0.147. The van der Waals surface area contributed by atoms with Crippen LogP contribution in [0.5, 0.6) is 5.75 Å². The number of aromatic nitrogens is 2. The average molecular weight is 570 g/mol. The van der Waals surface area contributed by atoms with Crippen LogP contribution in [-0.4, -0.2) is 33.9 Å². The van der Waals surface area contributed by atoms with Crippen molar-refractivity contribution in [1.29, 1.82) is 0 Å². The number of aliphatic carboxylic acids is 1. The number of anilines is 1. The second kappa shape index (κ2) is 14.2. The maximum Gasteiger partial charge on any atom is 0.326 e. The molecule has 1 heterocycles. The minimum atomic E-state index is -0.901. The van der Waals surface area contributed by atoms with E-state index in [2.05, 4.69) is 43.2 Å². The highest BCUT2D eigenvalue weighted by atomic mass is 16.5. The zero-order chi connectivity index (χ0) is 30.1. The van der Waals surface area contributed by atoms with E-state index in [4.69, 9.17) is 9.26 Å². The van der Waals surface area contributed by atoms with E-state index in [0.29, 0.717) is 18.1 Å². The van der Waals surface area contributed by atoms with Crippen molar-refractivity contribution in [2.75, 3.05) is 11.9 Å². The van der Waals surface area contributed by atoms with Gasteiger partial charge in [-0.25, -0.2) is 4.79 Å². The van der Waals surface area contributed by atoms with Crippen LogP contribution in [0.3, 0.4) is 0 Å². The van der Waals surface area contributed by atoms with Crippen molar-refractivity contribution in [2.24, 2.45) is 0 Å². The number of carboxylic acids is 1. The SMILES string of the molecule is CCCCCCCOc1ccc(-c2noc(-c3ccc(CC(Nc4ccc(C(C)(C)C)cc4)C(=O)O)cc3C)n2)cc1. The highest BCUT2D eigenvalue weighted by molar-refractivity contribution is 5.78. The molecular weight excluding hydrogens is 526 g/mol. The summed E-state index contributed by atoms with van der Waals surface area (Å²) in [4.78, 5) is 16.7. The smallest absolute Gasteiger partial charge is 0.326 e.